The number of hydrogen-bond acceptors (Lipinski definition) is 4. The summed E-state index contributed by atoms with van der Waals surface area (Å²) < 4.78 is 1.61. The predicted octanol–water partition coefficient (Wildman–Crippen LogP) is 1.80. The second-order valence-corrected chi connectivity index (χ2v) is 5.27. The van der Waals surface area contributed by atoms with Gasteiger partial charge in [0.15, 0.2) is 0 Å². The fraction of sp³-hybridized carbons (Fsp3) is 0.438. The van der Waals surface area contributed by atoms with Crippen LogP contribution in [0.5, 0.6) is 0 Å². The van der Waals surface area contributed by atoms with E-state index in [-0.39, 0.29) is 12.5 Å². The van der Waals surface area contributed by atoms with Gasteiger partial charge in [-0.05, 0) is 37.0 Å². The van der Waals surface area contributed by atoms with Crippen molar-refractivity contribution in [2.24, 2.45) is 5.92 Å². The highest BCUT2D eigenvalue weighted by Crippen LogP contribution is 2.11. The Morgan fingerprint density at radius 3 is 2.95 bits per heavy atom. The number of carbonyl (C=O) groups is 1. The summed E-state index contributed by atoms with van der Waals surface area (Å²) in [6, 6.07) is 7.25. The Kier molecular flexibility index (Phi) is 6.09. The Morgan fingerprint density at radius 2 is 2.27 bits per heavy atom. The van der Waals surface area contributed by atoms with E-state index in [0.717, 1.165) is 18.5 Å². The van der Waals surface area contributed by atoms with Crippen LogP contribution in [0.4, 0.5) is 0 Å². The molecular weight excluding hydrogens is 280 g/mol. The van der Waals surface area contributed by atoms with E-state index < -0.39 is 0 Å². The van der Waals surface area contributed by atoms with Gasteiger partial charge in [0.05, 0.1) is 5.69 Å². The molecule has 118 valence electrons. The number of hydrogen-bond donors (Lipinski definition) is 2. The monoisotopic (exact) mass is 302 g/mol. The molecule has 0 saturated heterocycles. The van der Waals surface area contributed by atoms with Gasteiger partial charge in [-0.25, -0.2) is 9.67 Å². The molecule has 1 atom stereocenters. The molecule has 6 heteroatoms. The van der Waals surface area contributed by atoms with Crippen LogP contribution in [0.3, 0.4) is 0 Å². The summed E-state index contributed by atoms with van der Waals surface area (Å²) in [6.45, 7) is 2.84. The minimum Gasteiger partial charge on any atom is -0.396 e. The number of nitrogens with zero attached hydrogens (tertiary/aromatic N) is 3. The van der Waals surface area contributed by atoms with Crippen molar-refractivity contribution >= 4 is 5.91 Å². The number of benzene rings is 1. The van der Waals surface area contributed by atoms with Crippen molar-refractivity contribution in [3.63, 3.8) is 0 Å². The van der Waals surface area contributed by atoms with Crippen LogP contribution in [-0.4, -0.2) is 38.9 Å². The maximum absolute atomic E-state index is 12.3. The molecular formula is C16H22N4O2. The molecule has 6 nitrogen and oxygen atoms in total. The van der Waals surface area contributed by atoms with Crippen molar-refractivity contribution < 1.29 is 9.90 Å². The average molecular weight is 302 g/mol. The Hall–Kier alpha value is -2.21. The normalized spacial score (nSPS) is 12.1. The van der Waals surface area contributed by atoms with Crippen molar-refractivity contribution in [1.29, 1.82) is 0 Å². The zero-order chi connectivity index (χ0) is 15.8. The third-order valence-corrected chi connectivity index (χ3v) is 3.58. The average Bonchev–Trinajstić information content (AvgIpc) is 3.07. The lowest BCUT2D eigenvalue weighted by Gasteiger charge is -2.15. The Balaban J connectivity index is 1.99. The van der Waals surface area contributed by atoms with Crippen molar-refractivity contribution in [3.8, 4) is 5.69 Å². The third kappa shape index (κ3) is 4.39. The smallest absolute Gasteiger partial charge is 0.251 e. The fourth-order valence-corrected chi connectivity index (χ4v) is 2.41. The van der Waals surface area contributed by atoms with Crippen LogP contribution >= 0.6 is 0 Å². The van der Waals surface area contributed by atoms with E-state index in [0.29, 0.717) is 24.4 Å². The van der Waals surface area contributed by atoms with E-state index in [1.165, 1.54) is 6.33 Å². The molecule has 0 spiro atoms. The summed E-state index contributed by atoms with van der Waals surface area (Å²) in [5.74, 6) is 0.207. The predicted molar refractivity (Wildman–Crippen MR) is 83.8 cm³/mol. The lowest BCUT2D eigenvalue weighted by atomic mass is 10.00. The molecule has 2 rings (SSSR count). The highest BCUT2D eigenvalue weighted by Gasteiger charge is 2.11. The molecule has 0 saturated carbocycles. The van der Waals surface area contributed by atoms with Crippen molar-refractivity contribution in [2.45, 2.75) is 26.2 Å². The van der Waals surface area contributed by atoms with Gasteiger partial charge in [0.1, 0.15) is 12.7 Å². The van der Waals surface area contributed by atoms with E-state index in [1.807, 2.05) is 12.1 Å². The maximum atomic E-state index is 12.3. The minimum atomic E-state index is -0.110. The second-order valence-electron chi connectivity index (χ2n) is 5.27. The van der Waals surface area contributed by atoms with Crippen LogP contribution in [0.1, 0.15) is 36.5 Å². The van der Waals surface area contributed by atoms with E-state index in [4.69, 9.17) is 5.11 Å². The summed E-state index contributed by atoms with van der Waals surface area (Å²) in [5.41, 5.74) is 1.39. The Labute approximate surface area is 130 Å². The van der Waals surface area contributed by atoms with Crippen molar-refractivity contribution in [2.75, 3.05) is 13.2 Å². The van der Waals surface area contributed by atoms with Gasteiger partial charge >= 0.3 is 0 Å². The van der Waals surface area contributed by atoms with E-state index in [2.05, 4.69) is 22.3 Å². The van der Waals surface area contributed by atoms with Crippen molar-refractivity contribution in [3.05, 3.63) is 42.5 Å². The molecule has 0 bridgehead atoms. The molecule has 1 heterocycles. The van der Waals surface area contributed by atoms with Gasteiger partial charge in [-0.2, -0.15) is 5.10 Å². The van der Waals surface area contributed by atoms with Crippen LogP contribution < -0.4 is 5.32 Å². The molecule has 0 aliphatic carbocycles. The van der Waals surface area contributed by atoms with E-state index >= 15 is 0 Å². The summed E-state index contributed by atoms with van der Waals surface area (Å²) in [7, 11) is 0. The van der Waals surface area contributed by atoms with Gasteiger partial charge in [-0.3, -0.25) is 4.79 Å². The molecule has 2 N–H and O–H groups in total. The highest BCUT2D eigenvalue weighted by atomic mass is 16.3. The first-order valence-corrected chi connectivity index (χ1v) is 7.58. The molecule has 22 heavy (non-hydrogen) atoms. The molecule has 0 aliphatic heterocycles. The van der Waals surface area contributed by atoms with Crippen LogP contribution in [0.15, 0.2) is 36.9 Å². The quantitative estimate of drug-likeness (QED) is 0.779. The Bertz CT molecular complexity index is 578. The van der Waals surface area contributed by atoms with Gasteiger partial charge in [0.25, 0.3) is 5.91 Å². The summed E-state index contributed by atoms with van der Waals surface area (Å²) >= 11 is 0. The second kappa shape index (κ2) is 8.29. The fourth-order valence-electron chi connectivity index (χ4n) is 2.41. The lowest BCUT2D eigenvalue weighted by molar-refractivity contribution is 0.0943. The summed E-state index contributed by atoms with van der Waals surface area (Å²) in [4.78, 5) is 16.2. The first-order chi connectivity index (χ1) is 10.7. The van der Waals surface area contributed by atoms with Gasteiger partial charge in [-0.15, -0.1) is 0 Å². The number of aliphatic hydroxyl groups excluding tert-OH is 1. The molecule has 0 radical (unpaired) electrons. The largest absolute Gasteiger partial charge is 0.396 e. The van der Waals surface area contributed by atoms with Crippen molar-refractivity contribution in [1.82, 2.24) is 20.1 Å². The molecule has 1 amide bonds. The van der Waals surface area contributed by atoms with E-state index in [9.17, 15) is 4.79 Å². The maximum Gasteiger partial charge on any atom is 0.251 e. The van der Waals surface area contributed by atoms with Gasteiger partial charge < -0.3 is 10.4 Å². The molecule has 0 aliphatic rings. The first-order valence-electron chi connectivity index (χ1n) is 7.58. The third-order valence-electron chi connectivity index (χ3n) is 3.58. The standard InChI is InChI=1S/C16H22N4O2/c1-2-4-13(7-8-21)10-18-16(22)14-5-3-6-15(9-14)20-12-17-11-19-20/h3,5-6,9,11-13,21H,2,4,7-8,10H2,1H3,(H,18,22). The molecule has 1 aromatic heterocycles. The number of amides is 1. The van der Waals surface area contributed by atoms with Gasteiger partial charge in [0.2, 0.25) is 0 Å². The van der Waals surface area contributed by atoms with Crippen LogP contribution in [-0.2, 0) is 0 Å². The molecule has 1 aromatic carbocycles. The molecule has 0 fully saturated rings. The van der Waals surface area contributed by atoms with Crippen LogP contribution in [0, 0.1) is 5.92 Å². The number of nitrogens with one attached hydrogen (secondary N) is 1. The lowest BCUT2D eigenvalue weighted by Crippen LogP contribution is -2.29. The van der Waals surface area contributed by atoms with E-state index in [1.54, 1.807) is 23.1 Å². The summed E-state index contributed by atoms with van der Waals surface area (Å²) in [5, 5.41) is 16.1. The summed E-state index contributed by atoms with van der Waals surface area (Å²) in [6.07, 6.45) is 5.81. The van der Waals surface area contributed by atoms with Crippen LogP contribution in [0.2, 0.25) is 0 Å². The Morgan fingerprint density at radius 1 is 1.41 bits per heavy atom. The van der Waals surface area contributed by atoms with Gasteiger partial charge in [0, 0.05) is 18.7 Å². The number of rotatable bonds is 8. The highest BCUT2D eigenvalue weighted by molar-refractivity contribution is 5.94. The first kappa shape index (κ1) is 16.2. The SMILES string of the molecule is CCCC(CCO)CNC(=O)c1cccc(-n2cncn2)c1. The zero-order valence-electron chi connectivity index (χ0n) is 12.8. The topological polar surface area (TPSA) is 80.0 Å². The number of aliphatic hydroxyl groups is 1. The zero-order valence-corrected chi connectivity index (χ0v) is 12.8. The number of aromatic nitrogens is 3. The van der Waals surface area contributed by atoms with Crippen LogP contribution in [0.25, 0.3) is 5.69 Å². The van der Waals surface area contributed by atoms with Gasteiger partial charge in [-0.1, -0.05) is 19.4 Å². The molecule has 1 unspecified atom stereocenters. The minimum absolute atomic E-state index is 0.110. The number of carbonyl (C=O) groups excluding carboxylic acids is 1. The molecule has 2 aromatic rings.